The van der Waals surface area contributed by atoms with Gasteiger partial charge in [-0.25, -0.2) is 4.98 Å². The molecule has 2 rings (SSSR count). The molecule has 1 unspecified atom stereocenters. The number of rotatable bonds is 5. The fourth-order valence-electron chi connectivity index (χ4n) is 1.77. The second-order valence-electron chi connectivity index (χ2n) is 3.89. The second kappa shape index (κ2) is 6.18. The Morgan fingerprint density at radius 1 is 1.44 bits per heavy atom. The van der Waals surface area contributed by atoms with Crippen molar-refractivity contribution in [3.8, 4) is 5.88 Å². The van der Waals surface area contributed by atoms with E-state index in [2.05, 4.69) is 10.3 Å². The fourth-order valence-corrected chi connectivity index (χ4v) is 3.07. The van der Waals surface area contributed by atoms with E-state index in [1.165, 1.54) is 0 Å². The lowest BCUT2D eigenvalue weighted by Gasteiger charge is -2.15. The highest BCUT2D eigenvalue weighted by atomic mass is 35.5. The number of pyridine rings is 1. The number of hydrogen-bond acceptors (Lipinski definition) is 4. The number of halogens is 1. The van der Waals surface area contributed by atoms with Gasteiger partial charge >= 0.3 is 0 Å². The van der Waals surface area contributed by atoms with Crippen LogP contribution in [-0.2, 0) is 6.42 Å². The van der Waals surface area contributed by atoms with E-state index in [-0.39, 0.29) is 6.04 Å². The first-order valence-corrected chi connectivity index (χ1v) is 6.89. The van der Waals surface area contributed by atoms with Crippen molar-refractivity contribution in [1.29, 1.82) is 0 Å². The summed E-state index contributed by atoms with van der Waals surface area (Å²) in [6.45, 7) is 0. The van der Waals surface area contributed by atoms with Crippen molar-refractivity contribution < 1.29 is 4.74 Å². The van der Waals surface area contributed by atoms with Crippen LogP contribution in [0, 0.1) is 0 Å². The highest BCUT2D eigenvalue weighted by Crippen LogP contribution is 2.30. The summed E-state index contributed by atoms with van der Waals surface area (Å²) in [4.78, 5) is 5.37. The summed E-state index contributed by atoms with van der Waals surface area (Å²) < 4.78 is 5.05. The molecular formula is C13H15ClN2OS. The maximum Gasteiger partial charge on any atom is 0.212 e. The second-order valence-corrected chi connectivity index (χ2v) is 5.24. The van der Waals surface area contributed by atoms with Gasteiger partial charge in [0.1, 0.15) is 0 Å². The van der Waals surface area contributed by atoms with Gasteiger partial charge in [0.25, 0.3) is 0 Å². The van der Waals surface area contributed by atoms with Crippen LogP contribution < -0.4 is 10.1 Å². The first kappa shape index (κ1) is 13.3. The van der Waals surface area contributed by atoms with Crippen molar-refractivity contribution in [3.63, 3.8) is 0 Å². The molecule has 1 N–H and O–H groups in total. The topological polar surface area (TPSA) is 34.1 Å². The fraction of sp³-hybridized carbons (Fsp3) is 0.308. The SMILES string of the molecule is CNC(Cc1ccc(OC)nc1)c1sccc1Cl. The average molecular weight is 283 g/mol. The van der Waals surface area contributed by atoms with E-state index in [4.69, 9.17) is 16.3 Å². The van der Waals surface area contributed by atoms with Crippen molar-refractivity contribution in [3.05, 3.63) is 45.2 Å². The van der Waals surface area contributed by atoms with Crippen LogP contribution in [0.15, 0.2) is 29.8 Å². The van der Waals surface area contributed by atoms with Crippen LogP contribution in [0.1, 0.15) is 16.5 Å². The highest BCUT2D eigenvalue weighted by Gasteiger charge is 2.15. The average Bonchev–Trinajstić information content (AvgIpc) is 2.83. The minimum atomic E-state index is 0.215. The molecule has 0 bridgehead atoms. The van der Waals surface area contributed by atoms with E-state index >= 15 is 0 Å². The molecule has 0 amide bonds. The number of thiophene rings is 1. The summed E-state index contributed by atoms with van der Waals surface area (Å²) in [6, 6.07) is 6.04. The zero-order chi connectivity index (χ0) is 13.0. The predicted octanol–water partition coefficient (Wildman–Crippen LogP) is 3.31. The Morgan fingerprint density at radius 2 is 2.28 bits per heavy atom. The van der Waals surface area contributed by atoms with E-state index in [1.54, 1.807) is 18.4 Å². The Morgan fingerprint density at radius 3 is 2.78 bits per heavy atom. The Hall–Kier alpha value is -1.10. The van der Waals surface area contributed by atoms with E-state index < -0.39 is 0 Å². The first-order chi connectivity index (χ1) is 8.74. The number of nitrogens with one attached hydrogen (secondary N) is 1. The maximum absolute atomic E-state index is 6.16. The Kier molecular flexibility index (Phi) is 4.58. The zero-order valence-electron chi connectivity index (χ0n) is 10.3. The van der Waals surface area contributed by atoms with Crippen molar-refractivity contribution in [2.24, 2.45) is 0 Å². The Labute approximate surface area is 116 Å². The van der Waals surface area contributed by atoms with Crippen LogP contribution in [0.3, 0.4) is 0 Å². The lowest BCUT2D eigenvalue weighted by Crippen LogP contribution is -2.18. The smallest absolute Gasteiger partial charge is 0.212 e. The van der Waals surface area contributed by atoms with Crippen LogP contribution in [-0.4, -0.2) is 19.1 Å². The van der Waals surface area contributed by atoms with Gasteiger partial charge in [-0.2, -0.15) is 0 Å². The number of aromatic nitrogens is 1. The van der Waals surface area contributed by atoms with Gasteiger partial charge in [0.2, 0.25) is 5.88 Å². The molecule has 0 radical (unpaired) electrons. The molecular weight excluding hydrogens is 268 g/mol. The van der Waals surface area contributed by atoms with Crippen molar-refractivity contribution in [2.75, 3.05) is 14.2 Å². The minimum absolute atomic E-state index is 0.215. The number of nitrogens with zero attached hydrogens (tertiary/aromatic N) is 1. The minimum Gasteiger partial charge on any atom is -0.481 e. The molecule has 1 atom stereocenters. The molecule has 3 nitrogen and oxygen atoms in total. The number of ether oxygens (including phenoxy) is 1. The molecule has 0 spiro atoms. The molecule has 18 heavy (non-hydrogen) atoms. The van der Waals surface area contributed by atoms with Gasteiger partial charge in [-0.05, 0) is 30.5 Å². The first-order valence-electron chi connectivity index (χ1n) is 5.63. The van der Waals surface area contributed by atoms with E-state index in [0.717, 1.165) is 21.9 Å². The summed E-state index contributed by atoms with van der Waals surface area (Å²) >= 11 is 7.83. The lowest BCUT2D eigenvalue weighted by atomic mass is 10.1. The molecule has 0 saturated heterocycles. The van der Waals surface area contributed by atoms with Gasteiger partial charge in [0.05, 0.1) is 12.1 Å². The molecule has 5 heteroatoms. The quantitative estimate of drug-likeness (QED) is 0.914. The van der Waals surface area contributed by atoms with Gasteiger partial charge in [-0.15, -0.1) is 11.3 Å². The largest absolute Gasteiger partial charge is 0.481 e. The highest BCUT2D eigenvalue weighted by molar-refractivity contribution is 7.10. The zero-order valence-corrected chi connectivity index (χ0v) is 11.9. The van der Waals surface area contributed by atoms with Gasteiger partial charge in [-0.3, -0.25) is 0 Å². The number of methoxy groups -OCH3 is 1. The van der Waals surface area contributed by atoms with Crippen LogP contribution in [0.4, 0.5) is 0 Å². The van der Waals surface area contributed by atoms with Gasteiger partial charge in [0.15, 0.2) is 0 Å². The summed E-state index contributed by atoms with van der Waals surface area (Å²) in [7, 11) is 3.56. The third kappa shape index (κ3) is 3.02. The van der Waals surface area contributed by atoms with Crippen molar-refractivity contribution in [2.45, 2.75) is 12.5 Å². The normalized spacial score (nSPS) is 12.4. The molecule has 96 valence electrons. The summed E-state index contributed by atoms with van der Waals surface area (Å²) in [6.07, 6.45) is 2.69. The molecule has 0 saturated carbocycles. The van der Waals surface area contributed by atoms with Crippen molar-refractivity contribution in [1.82, 2.24) is 10.3 Å². The lowest BCUT2D eigenvalue weighted by molar-refractivity contribution is 0.397. The summed E-state index contributed by atoms with van der Waals surface area (Å²) in [5.74, 6) is 0.633. The standard InChI is InChI=1S/C13H15ClN2OS/c1-15-11(13-10(14)5-6-18-13)7-9-3-4-12(17-2)16-8-9/h3-6,8,11,15H,7H2,1-2H3. The Bertz CT molecular complexity index is 498. The maximum atomic E-state index is 6.16. The van der Waals surface area contributed by atoms with Crippen LogP contribution in [0.5, 0.6) is 5.88 Å². The summed E-state index contributed by atoms with van der Waals surface area (Å²) in [5, 5.41) is 6.12. The van der Waals surface area contributed by atoms with E-state index in [0.29, 0.717) is 5.88 Å². The monoisotopic (exact) mass is 282 g/mol. The third-order valence-corrected chi connectivity index (χ3v) is 4.23. The molecule has 0 aliphatic heterocycles. The van der Waals surface area contributed by atoms with Gasteiger partial charge in [-0.1, -0.05) is 17.7 Å². The number of likely N-dealkylation sites (N-methyl/N-ethyl adjacent to an activating group) is 1. The Balaban J connectivity index is 2.13. The molecule has 0 aliphatic rings. The molecule has 2 aromatic rings. The third-order valence-electron chi connectivity index (χ3n) is 2.76. The van der Waals surface area contributed by atoms with Gasteiger partial charge < -0.3 is 10.1 Å². The molecule has 2 heterocycles. The van der Waals surface area contributed by atoms with E-state index in [1.807, 2.05) is 36.8 Å². The number of hydrogen-bond donors (Lipinski definition) is 1. The predicted molar refractivity (Wildman–Crippen MR) is 75.6 cm³/mol. The van der Waals surface area contributed by atoms with Crippen molar-refractivity contribution >= 4 is 22.9 Å². The van der Waals surface area contributed by atoms with Crippen LogP contribution in [0.2, 0.25) is 5.02 Å². The van der Waals surface area contributed by atoms with E-state index in [9.17, 15) is 0 Å². The van der Waals surface area contributed by atoms with Gasteiger partial charge in [0, 0.05) is 23.2 Å². The molecule has 2 aromatic heterocycles. The summed E-state index contributed by atoms with van der Waals surface area (Å²) in [5.41, 5.74) is 1.15. The van der Waals surface area contributed by atoms with Crippen LogP contribution >= 0.6 is 22.9 Å². The molecule has 0 aliphatic carbocycles. The molecule has 0 fully saturated rings. The van der Waals surface area contributed by atoms with Crippen LogP contribution in [0.25, 0.3) is 0 Å². The molecule has 0 aromatic carbocycles.